The lowest BCUT2D eigenvalue weighted by Gasteiger charge is -2.66. The van der Waals surface area contributed by atoms with Crippen LogP contribution in [0.1, 0.15) is 101 Å². The summed E-state index contributed by atoms with van der Waals surface area (Å²) in [5.41, 5.74) is 2.09. The second kappa shape index (κ2) is 16.7. The van der Waals surface area contributed by atoms with Crippen molar-refractivity contribution in [3.63, 3.8) is 0 Å². The number of hydrogen-bond donors (Lipinski definition) is 2. The first-order chi connectivity index (χ1) is 32.1. The van der Waals surface area contributed by atoms with Crippen LogP contribution in [0.2, 0.25) is 0 Å². The molecule has 2 saturated carbocycles. The molecule has 4 aliphatic heterocycles. The van der Waals surface area contributed by atoms with Crippen molar-refractivity contribution >= 4 is 46.1 Å². The summed E-state index contributed by atoms with van der Waals surface area (Å²) in [5, 5.41) is 16.0. The molecule has 67 heavy (non-hydrogen) atoms. The molecular weight excluding hydrogens is 856 g/mol. The molecule has 1 aromatic heterocycles. The third-order valence-corrected chi connectivity index (χ3v) is 15.4. The summed E-state index contributed by atoms with van der Waals surface area (Å²) in [5.74, 6) is -1.38. The van der Waals surface area contributed by atoms with Gasteiger partial charge in [-0.25, -0.2) is 4.39 Å². The molecule has 0 bridgehead atoms. The largest absolute Gasteiger partial charge is 0.490 e. The van der Waals surface area contributed by atoms with Crippen molar-refractivity contribution in [2.75, 3.05) is 51.7 Å². The molecule has 0 spiro atoms. The standard InChI is InChI=1S/C51H55FN8O7/c1-50(2)48(51(3)36-14-17-54-43-30(26-53)7-12-40(42(36)43)67-49(50)51)56-44(62)29-6-10-38(37(52)22-29)58-18-15-28(16-19-58)27-59(21-20-57(4)5)31-23-33(24-31)66-32-8-9-34-35(25-32)47(65)60(46(34)64)39-11-13-41(61)55-45(39)63/h6-10,12,14,17,22,25,28,31,33,39,48-49H,11,13,15-16,18-21,23-24,27H2,1-5H3,(H,56,62)(H,55,61,63)/t31?,33?,39?,48?,49-,51?/m0/s1. The van der Waals surface area contributed by atoms with E-state index in [0.717, 1.165) is 61.2 Å². The number of benzene rings is 3. The van der Waals surface area contributed by atoms with E-state index in [-0.39, 0.29) is 53.7 Å². The Bertz CT molecular complexity index is 2780. The van der Waals surface area contributed by atoms with Gasteiger partial charge in [0.05, 0.1) is 39.4 Å². The number of nitriles is 1. The van der Waals surface area contributed by atoms with Crippen LogP contribution in [-0.2, 0) is 15.0 Å². The van der Waals surface area contributed by atoms with Gasteiger partial charge in [0.2, 0.25) is 11.8 Å². The Balaban J connectivity index is 0.742. The van der Waals surface area contributed by atoms with Crippen LogP contribution in [0.25, 0.3) is 10.9 Å². The number of imide groups is 2. The molecule has 4 atom stereocenters. The number of hydrogen-bond acceptors (Lipinski definition) is 12. The van der Waals surface area contributed by atoms with Gasteiger partial charge in [0, 0.05) is 80.6 Å². The highest BCUT2D eigenvalue weighted by atomic mass is 19.1. The molecule has 2 aliphatic carbocycles. The van der Waals surface area contributed by atoms with E-state index in [1.807, 2.05) is 12.1 Å². The van der Waals surface area contributed by atoms with Crippen LogP contribution in [0.5, 0.6) is 11.5 Å². The van der Waals surface area contributed by atoms with Crippen LogP contribution < -0.4 is 25.0 Å². The van der Waals surface area contributed by atoms with Gasteiger partial charge in [0.15, 0.2) is 0 Å². The maximum atomic E-state index is 16.0. The molecule has 5 amide bonds. The second-order valence-corrected chi connectivity index (χ2v) is 20.2. The minimum absolute atomic E-state index is 0.0581. The lowest BCUT2D eigenvalue weighted by Crippen LogP contribution is -2.78. The SMILES string of the molecule is CN(C)CCN(CC1CCN(c2ccc(C(=O)NC3C(C)(C)[C@@H]4Oc5ccc(C#N)c6nccc(c56)C34C)cc2F)CC1)C1CC(Oc2ccc3c(c2)C(=O)N(C2CCC(=O)NC2=O)C3=O)C1. The van der Waals surface area contributed by atoms with Gasteiger partial charge in [0.25, 0.3) is 17.7 Å². The number of ether oxygens (including phenoxy) is 2. The molecule has 3 unspecified atom stereocenters. The maximum Gasteiger partial charge on any atom is 0.262 e. The summed E-state index contributed by atoms with van der Waals surface area (Å²) in [7, 11) is 4.13. The van der Waals surface area contributed by atoms with E-state index in [1.165, 1.54) is 6.07 Å². The van der Waals surface area contributed by atoms with E-state index in [4.69, 9.17) is 9.47 Å². The first-order valence-electron chi connectivity index (χ1n) is 23.3. The van der Waals surface area contributed by atoms with Gasteiger partial charge in [-0.1, -0.05) is 13.8 Å². The molecule has 5 heterocycles. The summed E-state index contributed by atoms with van der Waals surface area (Å²) < 4.78 is 28.9. The third-order valence-electron chi connectivity index (χ3n) is 15.4. The minimum Gasteiger partial charge on any atom is -0.490 e. The average Bonchev–Trinajstić information content (AvgIpc) is 3.54. The number of rotatable bonds is 12. The molecule has 4 fully saturated rings. The van der Waals surface area contributed by atoms with Crippen LogP contribution in [0.4, 0.5) is 10.1 Å². The Morgan fingerprint density at radius 3 is 2.46 bits per heavy atom. The third kappa shape index (κ3) is 7.47. The fourth-order valence-corrected chi connectivity index (χ4v) is 11.9. The van der Waals surface area contributed by atoms with E-state index in [2.05, 4.69) is 71.3 Å². The number of anilines is 1. The summed E-state index contributed by atoms with van der Waals surface area (Å²) in [4.78, 5) is 76.9. The first-order valence-corrected chi connectivity index (χ1v) is 23.3. The van der Waals surface area contributed by atoms with Gasteiger partial charge in [-0.05, 0) is 106 Å². The van der Waals surface area contributed by atoms with E-state index >= 15 is 4.39 Å². The maximum absolute atomic E-state index is 16.0. The number of likely N-dealkylation sites (N-methyl/N-ethyl adjacent to an activating group) is 1. The summed E-state index contributed by atoms with van der Waals surface area (Å²) in [6, 6.07) is 16.3. The summed E-state index contributed by atoms with van der Waals surface area (Å²) in [6.45, 7) is 10.3. The minimum atomic E-state index is -1.02. The summed E-state index contributed by atoms with van der Waals surface area (Å²) >= 11 is 0. The van der Waals surface area contributed by atoms with Crippen LogP contribution >= 0.6 is 0 Å². The lowest BCUT2D eigenvalue weighted by atomic mass is 9.45. The molecule has 2 N–H and O–H groups in total. The zero-order valence-corrected chi connectivity index (χ0v) is 38.4. The molecule has 348 valence electrons. The van der Waals surface area contributed by atoms with E-state index in [9.17, 15) is 29.2 Å². The molecule has 2 saturated heterocycles. The van der Waals surface area contributed by atoms with Crippen molar-refractivity contribution in [1.82, 2.24) is 30.3 Å². The number of nitrogens with zero attached hydrogens (tertiary/aromatic N) is 6. The zero-order valence-electron chi connectivity index (χ0n) is 38.4. The van der Waals surface area contributed by atoms with Gasteiger partial charge in [-0.2, -0.15) is 5.26 Å². The summed E-state index contributed by atoms with van der Waals surface area (Å²) in [6.07, 6.45) is 4.95. The number of carbonyl (C=O) groups excluding carboxylic acids is 5. The van der Waals surface area contributed by atoms with Gasteiger partial charge in [-0.3, -0.25) is 44.1 Å². The molecule has 10 rings (SSSR count). The van der Waals surface area contributed by atoms with Crippen molar-refractivity contribution in [3.8, 4) is 17.6 Å². The Hall–Kier alpha value is -6.44. The van der Waals surface area contributed by atoms with Crippen molar-refractivity contribution in [1.29, 1.82) is 5.26 Å². The fraction of sp³-hybridized carbons (Fsp3) is 0.471. The van der Waals surface area contributed by atoms with E-state index in [0.29, 0.717) is 53.3 Å². The van der Waals surface area contributed by atoms with E-state index in [1.54, 1.807) is 42.6 Å². The quantitative estimate of drug-likeness (QED) is 0.178. The van der Waals surface area contributed by atoms with Crippen molar-refractivity contribution in [2.45, 2.75) is 95.0 Å². The highest BCUT2D eigenvalue weighted by Gasteiger charge is 2.69. The number of pyridine rings is 1. The Morgan fingerprint density at radius 2 is 1.75 bits per heavy atom. The Kier molecular flexibility index (Phi) is 11.1. The van der Waals surface area contributed by atoms with Gasteiger partial charge >= 0.3 is 0 Å². The average molecular weight is 911 g/mol. The van der Waals surface area contributed by atoms with Crippen molar-refractivity contribution in [3.05, 3.63) is 94.4 Å². The van der Waals surface area contributed by atoms with Gasteiger partial charge in [0.1, 0.15) is 41.6 Å². The van der Waals surface area contributed by atoms with Crippen LogP contribution in [0.3, 0.4) is 0 Å². The zero-order chi connectivity index (χ0) is 47.1. The normalized spacial score (nSPS) is 26.3. The highest BCUT2D eigenvalue weighted by Crippen LogP contribution is 2.61. The monoisotopic (exact) mass is 910 g/mol. The number of piperidine rings is 2. The number of fused-ring (bicyclic) bond motifs is 3. The molecule has 4 aromatic rings. The smallest absolute Gasteiger partial charge is 0.262 e. The molecule has 3 aromatic carbocycles. The molecule has 15 nitrogen and oxygen atoms in total. The van der Waals surface area contributed by atoms with Crippen LogP contribution in [-0.4, -0.2) is 126 Å². The molecule has 16 heteroatoms. The van der Waals surface area contributed by atoms with Gasteiger partial charge in [-0.15, -0.1) is 0 Å². The number of amides is 5. The number of halogens is 1. The predicted molar refractivity (Wildman–Crippen MR) is 245 cm³/mol. The van der Waals surface area contributed by atoms with Crippen molar-refractivity contribution in [2.24, 2.45) is 11.3 Å². The van der Waals surface area contributed by atoms with Crippen molar-refractivity contribution < 1.29 is 37.8 Å². The topological polar surface area (TPSA) is 178 Å². The Morgan fingerprint density at radius 1 is 0.985 bits per heavy atom. The van der Waals surface area contributed by atoms with Gasteiger partial charge < -0.3 is 24.6 Å². The van der Waals surface area contributed by atoms with Crippen LogP contribution in [0, 0.1) is 28.5 Å². The first kappa shape index (κ1) is 44.4. The molecule has 6 aliphatic rings. The predicted octanol–water partition coefficient (Wildman–Crippen LogP) is 5.19. The highest BCUT2D eigenvalue weighted by molar-refractivity contribution is 6.23. The molecular formula is C51H55FN8O7. The van der Waals surface area contributed by atoms with E-state index < -0.39 is 46.3 Å². The molecule has 0 radical (unpaired) electrons. The number of carbonyl (C=O) groups is 5. The Labute approximate surface area is 388 Å². The number of aromatic nitrogens is 1. The lowest BCUT2D eigenvalue weighted by molar-refractivity contribution is -0.136. The number of nitrogens with one attached hydrogen (secondary N) is 2. The fourth-order valence-electron chi connectivity index (χ4n) is 11.9. The van der Waals surface area contributed by atoms with Crippen LogP contribution in [0.15, 0.2) is 60.8 Å². The second-order valence-electron chi connectivity index (χ2n) is 20.2.